The van der Waals surface area contributed by atoms with Crippen LogP contribution >= 0.6 is 0 Å². The van der Waals surface area contributed by atoms with Crippen LogP contribution in [-0.2, 0) is 11.4 Å². The highest BCUT2D eigenvalue weighted by molar-refractivity contribution is 5.95. The first-order valence-electron chi connectivity index (χ1n) is 12.6. The van der Waals surface area contributed by atoms with Crippen LogP contribution in [0.3, 0.4) is 0 Å². The van der Waals surface area contributed by atoms with Crippen molar-refractivity contribution in [3.05, 3.63) is 53.9 Å². The van der Waals surface area contributed by atoms with Gasteiger partial charge in [0.25, 0.3) is 5.91 Å². The number of hydrogen-bond donors (Lipinski definition) is 0. The van der Waals surface area contributed by atoms with E-state index in [0.29, 0.717) is 69.0 Å². The molecular weight excluding hydrogens is 444 g/mol. The molecule has 1 aromatic carbocycles. The maximum Gasteiger partial charge on any atom is 0.254 e. The van der Waals surface area contributed by atoms with Crippen molar-refractivity contribution in [3.8, 4) is 11.5 Å². The Morgan fingerprint density at radius 2 is 1.74 bits per heavy atom. The summed E-state index contributed by atoms with van der Waals surface area (Å²) in [5.41, 5.74) is 1.59. The highest BCUT2D eigenvalue weighted by atomic mass is 16.5. The second-order valence-electron chi connectivity index (χ2n) is 9.24. The van der Waals surface area contributed by atoms with E-state index in [1.807, 2.05) is 28.9 Å². The normalized spacial score (nSPS) is 18.9. The first-order valence-corrected chi connectivity index (χ1v) is 12.6. The summed E-state index contributed by atoms with van der Waals surface area (Å²) in [5.74, 6) is 1.35. The minimum Gasteiger partial charge on any atom is -0.490 e. The van der Waals surface area contributed by atoms with E-state index in [1.165, 1.54) is 6.42 Å². The van der Waals surface area contributed by atoms with E-state index in [2.05, 4.69) is 16.8 Å². The summed E-state index contributed by atoms with van der Waals surface area (Å²) in [5, 5.41) is 0. The van der Waals surface area contributed by atoms with Crippen molar-refractivity contribution in [1.29, 1.82) is 0 Å². The van der Waals surface area contributed by atoms with E-state index in [-0.39, 0.29) is 11.8 Å². The van der Waals surface area contributed by atoms with Gasteiger partial charge in [0.05, 0.1) is 13.2 Å². The third-order valence-corrected chi connectivity index (χ3v) is 6.78. The molecule has 8 heteroatoms. The molecule has 8 nitrogen and oxygen atoms in total. The maximum atomic E-state index is 13.2. The van der Waals surface area contributed by atoms with Gasteiger partial charge < -0.3 is 19.3 Å². The average Bonchev–Trinajstić information content (AvgIpc) is 2.89. The number of aromatic nitrogens is 1. The SMILES string of the molecule is CCOc1cc(C(=O)N2CCN(CC(=O)N3CCCCC3C)CC2)ccc1OCc1ccncc1. The van der Waals surface area contributed by atoms with Crippen LogP contribution in [-0.4, -0.2) is 83.4 Å². The molecule has 1 aromatic heterocycles. The number of piperazine rings is 1. The number of ether oxygens (including phenoxy) is 2. The van der Waals surface area contributed by atoms with Gasteiger partial charge in [-0.25, -0.2) is 0 Å². The number of carbonyl (C=O) groups is 2. The molecule has 188 valence electrons. The number of benzene rings is 1. The van der Waals surface area contributed by atoms with Crippen molar-refractivity contribution >= 4 is 11.8 Å². The number of nitrogens with zero attached hydrogens (tertiary/aromatic N) is 4. The Bertz CT molecular complexity index is 992. The Hall–Kier alpha value is -3.13. The fraction of sp³-hybridized carbons (Fsp3) is 0.519. The lowest BCUT2D eigenvalue weighted by Crippen LogP contribution is -2.53. The summed E-state index contributed by atoms with van der Waals surface area (Å²) in [6, 6.07) is 9.49. The third-order valence-electron chi connectivity index (χ3n) is 6.78. The van der Waals surface area contributed by atoms with E-state index in [1.54, 1.807) is 30.6 Å². The van der Waals surface area contributed by atoms with Crippen LogP contribution in [0.2, 0.25) is 0 Å². The number of rotatable bonds is 8. The van der Waals surface area contributed by atoms with Gasteiger partial charge in [-0.15, -0.1) is 0 Å². The van der Waals surface area contributed by atoms with E-state index < -0.39 is 0 Å². The van der Waals surface area contributed by atoms with E-state index >= 15 is 0 Å². The molecule has 35 heavy (non-hydrogen) atoms. The lowest BCUT2D eigenvalue weighted by molar-refractivity contribution is -0.136. The molecule has 1 unspecified atom stereocenters. The van der Waals surface area contributed by atoms with Crippen LogP contribution in [0.5, 0.6) is 11.5 Å². The monoisotopic (exact) mass is 480 g/mol. The second kappa shape index (κ2) is 12.0. The van der Waals surface area contributed by atoms with Gasteiger partial charge in [-0.1, -0.05) is 0 Å². The molecule has 0 N–H and O–H groups in total. The highest BCUT2D eigenvalue weighted by Crippen LogP contribution is 2.30. The number of hydrogen-bond acceptors (Lipinski definition) is 6. The molecule has 2 saturated heterocycles. The van der Waals surface area contributed by atoms with Gasteiger partial charge in [0, 0.05) is 56.7 Å². The standard InChI is InChI=1S/C27H36N4O4/c1-3-34-25-18-23(7-8-24(25)35-20-22-9-11-28-12-10-22)27(33)30-16-14-29(15-17-30)19-26(32)31-13-5-4-6-21(31)2/h7-12,18,21H,3-6,13-17,19-20H2,1-2H3. The van der Waals surface area contributed by atoms with Crippen LogP contribution in [0.25, 0.3) is 0 Å². The highest BCUT2D eigenvalue weighted by Gasteiger charge is 2.28. The molecule has 0 aliphatic carbocycles. The van der Waals surface area contributed by atoms with Crippen LogP contribution in [0.4, 0.5) is 0 Å². The molecule has 0 saturated carbocycles. The number of amides is 2. The van der Waals surface area contributed by atoms with Gasteiger partial charge in [0.15, 0.2) is 11.5 Å². The van der Waals surface area contributed by atoms with Crippen molar-refractivity contribution in [2.75, 3.05) is 45.9 Å². The summed E-state index contributed by atoms with van der Waals surface area (Å²) in [6.07, 6.45) is 6.84. The smallest absolute Gasteiger partial charge is 0.254 e. The minimum atomic E-state index is -0.0257. The average molecular weight is 481 g/mol. The summed E-state index contributed by atoms with van der Waals surface area (Å²) in [4.78, 5) is 36.0. The van der Waals surface area contributed by atoms with Crippen LogP contribution in [0.15, 0.2) is 42.7 Å². The molecule has 1 atom stereocenters. The van der Waals surface area contributed by atoms with Crippen molar-refractivity contribution < 1.29 is 19.1 Å². The minimum absolute atomic E-state index is 0.0257. The van der Waals surface area contributed by atoms with Gasteiger partial charge in [0.2, 0.25) is 5.91 Å². The molecule has 2 amide bonds. The summed E-state index contributed by atoms with van der Waals surface area (Å²) in [7, 11) is 0. The summed E-state index contributed by atoms with van der Waals surface area (Å²) in [6.45, 7) is 8.83. The molecule has 0 bridgehead atoms. The molecular formula is C27H36N4O4. The molecule has 2 aromatic rings. The number of likely N-dealkylation sites (tertiary alicyclic amines) is 1. The largest absolute Gasteiger partial charge is 0.490 e. The first-order chi connectivity index (χ1) is 17.0. The molecule has 4 rings (SSSR count). The molecule has 0 radical (unpaired) electrons. The number of piperidine rings is 1. The zero-order valence-corrected chi connectivity index (χ0v) is 20.8. The fourth-order valence-corrected chi connectivity index (χ4v) is 4.71. The lowest BCUT2D eigenvalue weighted by atomic mass is 10.0. The van der Waals surface area contributed by atoms with Crippen LogP contribution in [0, 0.1) is 0 Å². The third kappa shape index (κ3) is 6.51. The van der Waals surface area contributed by atoms with Crippen molar-refractivity contribution in [2.45, 2.75) is 45.8 Å². The molecule has 2 aliphatic rings. The molecule has 0 spiro atoms. The Labute approximate surface area is 207 Å². The van der Waals surface area contributed by atoms with Crippen LogP contribution in [0.1, 0.15) is 49.0 Å². The second-order valence-corrected chi connectivity index (χ2v) is 9.24. The fourth-order valence-electron chi connectivity index (χ4n) is 4.71. The zero-order valence-electron chi connectivity index (χ0n) is 20.8. The molecule has 2 fully saturated rings. The predicted octanol–water partition coefficient (Wildman–Crippen LogP) is 3.22. The topological polar surface area (TPSA) is 75.2 Å². The lowest BCUT2D eigenvalue weighted by Gasteiger charge is -2.38. The summed E-state index contributed by atoms with van der Waals surface area (Å²) < 4.78 is 11.7. The van der Waals surface area contributed by atoms with Crippen molar-refractivity contribution in [3.63, 3.8) is 0 Å². The Morgan fingerprint density at radius 1 is 0.971 bits per heavy atom. The Balaban J connectivity index is 1.32. The van der Waals surface area contributed by atoms with Crippen LogP contribution < -0.4 is 9.47 Å². The quantitative estimate of drug-likeness (QED) is 0.578. The van der Waals surface area contributed by atoms with Crippen molar-refractivity contribution in [1.82, 2.24) is 19.7 Å². The number of carbonyl (C=O) groups excluding carboxylic acids is 2. The Morgan fingerprint density at radius 3 is 2.46 bits per heavy atom. The van der Waals surface area contributed by atoms with Gasteiger partial charge in [-0.3, -0.25) is 19.5 Å². The van der Waals surface area contributed by atoms with Gasteiger partial charge in [0.1, 0.15) is 6.61 Å². The van der Waals surface area contributed by atoms with E-state index in [4.69, 9.17) is 9.47 Å². The first kappa shape index (κ1) is 25.0. The van der Waals surface area contributed by atoms with Gasteiger partial charge >= 0.3 is 0 Å². The maximum absolute atomic E-state index is 13.2. The van der Waals surface area contributed by atoms with Gasteiger partial charge in [-0.2, -0.15) is 0 Å². The van der Waals surface area contributed by atoms with Crippen molar-refractivity contribution in [2.24, 2.45) is 0 Å². The van der Waals surface area contributed by atoms with Gasteiger partial charge in [-0.05, 0) is 69.0 Å². The zero-order chi connectivity index (χ0) is 24.6. The van der Waals surface area contributed by atoms with E-state index in [9.17, 15) is 9.59 Å². The summed E-state index contributed by atoms with van der Waals surface area (Å²) >= 11 is 0. The predicted molar refractivity (Wildman–Crippen MR) is 134 cm³/mol. The molecule has 3 heterocycles. The number of pyridine rings is 1. The van der Waals surface area contributed by atoms with E-state index in [0.717, 1.165) is 24.9 Å². The Kier molecular flexibility index (Phi) is 8.58. The molecule has 2 aliphatic heterocycles.